The molecular weight excluding hydrogens is 415 g/mol. The van der Waals surface area contributed by atoms with Gasteiger partial charge in [-0.25, -0.2) is 12.8 Å². The van der Waals surface area contributed by atoms with Crippen LogP contribution in [0.3, 0.4) is 0 Å². The van der Waals surface area contributed by atoms with E-state index < -0.39 is 28.3 Å². The third-order valence-electron chi connectivity index (χ3n) is 4.16. The highest BCUT2D eigenvalue weighted by atomic mass is 35.5. The number of benzene rings is 3. The molecule has 8 heteroatoms. The van der Waals surface area contributed by atoms with E-state index in [1.165, 1.54) is 12.1 Å². The number of rotatable bonds is 6. The average Bonchev–Trinajstić information content (AvgIpc) is 2.69. The molecule has 0 radical (unpaired) electrons. The standard InChI is InChI=1S/C21H18ClFN2O3S/c1-29(27,28)25(16-11-12-19(23)18(22)13-16)14-21(26)24-20-10-6-5-9-17(20)15-7-3-2-4-8-15/h2-13H,14H2,1H3,(H,24,26). The number of hydrogen-bond donors (Lipinski definition) is 1. The van der Waals surface area contributed by atoms with Gasteiger partial charge in [0.2, 0.25) is 15.9 Å². The predicted octanol–water partition coefficient (Wildman–Crippen LogP) is 4.55. The summed E-state index contributed by atoms with van der Waals surface area (Å²) in [6.07, 6.45) is 0.968. The second-order valence-corrected chi connectivity index (χ2v) is 8.64. The van der Waals surface area contributed by atoms with Crippen molar-refractivity contribution in [1.29, 1.82) is 0 Å². The largest absolute Gasteiger partial charge is 0.324 e. The van der Waals surface area contributed by atoms with Gasteiger partial charge in [-0.05, 0) is 29.8 Å². The molecule has 0 aromatic heterocycles. The second kappa shape index (κ2) is 8.63. The molecule has 0 aliphatic carbocycles. The van der Waals surface area contributed by atoms with E-state index in [2.05, 4.69) is 5.32 Å². The van der Waals surface area contributed by atoms with Gasteiger partial charge in [-0.1, -0.05) is 60.1 Å². The molecule has 0 saturated carbocycles. The Labute approximate surface area is 173 Å². The Morgan fingerprint density at radius 1 is 1.03 bits per heavy atom. The Balaban J connectivity index is 1.86. The number of carbonyl (C=O) groups excluding carboxylic acids is 1. The van der Waals surface area contributed by atoms with E-state index in [9.17, 15) is 17.6 Å². The fourth-order valence-corrected chi connectivity index (χ4v) is 3.84. The van der Waals surface area contributed by atoms with Crippen molar-refractivity contribution in [3.63, 3.8) is 0 Å². The molecule has 0 heterocycles. The fraction of sp³-hybridized carbons (Fsp3) is 0.0952. The van der Waals surface area contributed by atoms with Crippen LogP contribution in [0, 0.1) is 5.82 Å². The summed E-state index contributed by atoms with van der Waals surface area (Å²) in [5, 5.41) is 2.52. The topological polar surface area (TPSA) is 66.5 Å². The van der Waals surface area contributed by atoms with E-state index >= 15 is 0 Å². The third kappa shape index (κ3) is 5.13. The number of amides is 1. The quantitative estimate of drug-likeness (QED) is 0.621. The van der Waals surface area contributed by atoms with Gasteiger partial charge in [0.05, 0.1) is 17.0 Å². The summed E-state index contributed by atoms with van der Waals surface area (Å²) in [5.41, 5.74) is 2.37. The number of para-hydroxylation sites is 1. The van der Waals surface area contributed by atoms with Gasteiger partial charge < -0.3 is 5.32 Å². The molecular formula is C21H18ClFN2O3S. The van der Waals surface area contributed by atoms with Crippen molar-refractivity contribution in [3.05, 3.63) is 83.6 Å². The molecule has 0 unspecified atom stereocenters. The molecule has 0 spiro atoms. The summed E-state index contributed by atoms with van der Waals surface area (Å²) in [4.78, 5) is 12.7. The lowest BCUT2D eigenvalue weighted by Crippen LogP contribution is -2.37. The summed E-state index contributed by atoms with van der Waals surface area (Å²) in [5.74, 6) is -1.22. The lowest BCUT2D eigenvalue weighted by Gasteiger charge is -2.22. The van der Waals surface area contributed by atoms with E-state index in [0.717, 1.165) is 27.8 Å². The summed E-state index contributed by atoms with van der Waals surface area (Å²) in [6.45, 7) is -0.482. The van der Waals surface area contributed by atoms with Gasteiger partial charge in [0.15, 0.2) is 0 Å². The van der Waals surface area contributed by atoms with Gasteiger partial charge in [0.1, 0.15) is 12.4 Å². The van der Waals surface area contributed by atoms with Crippen molar-refractivity contribution in [2.75, 3.05) is 22.4 Å². The van der Waals surface area contributed by atoms with Gasteiger partial charge >= 0.3 is 0 Å². The maximum Gasteiger partial charge on any atom is 0.245 e. The highest BCUT2D eigenvalue weighted by molar-refractivity contribution is 7.92. The summed E-state index contributed by atoms with van der Waals surface area (Å²) < 4.78 is 38.7. The smallest absolute Gasteiger partial charge is 0.245 e. The van der Waals surface area contributed by atoms with E-state index in [4.69, 9.17) is 11.6 Å². The first-order valence-electron chi connectivity index (χ1n) is 8.63. The number of hydrogen-bond acceptors (Lipinski definition) is 3. The maximum atomic E-state index is 13.4. The molecule has 0 atom stereocenters. The van der Waals surface area contributed by atoms with E-state index in [1.807, 2.05) is 42.5 Å². The van der Waals surface area contributed by atoms with E-state index in [0.29, 0.717) is 5.69 Å². The van der Waals surface area contributed by atoms with Crippen LogP contribution in [0.25, 0.3) is 11.1 Å². The first kappa shape index (κ1) is 20.8. The lowest BCUT2D eigenvalue weighted by molar-refractivity contribution is -0.114. The molecule has 0 fully saturated rings. The number of halogens is 2. The van der Waals surface area contributed by atoms with Crippen LogP contribution in [0.1, 0.15) is 0 Å². The molecule has 0 bridgehead atoms. The van der Waals surface area contributed by atoms with Crippen molar-refractivity contribution in [1.82, 2.24) is 0 Å². The van der Waals surface area contributed by atoms with Crippen molar-refractivity contribution in [2.45, 2.75) is 0 Å². The predicted molar refractivity (Wildman–Crippen MR) is 114 cm³/mol. The minimum Gasteiger partial charge on any atom is -0.324 e. The number of nitrogens with zero attached hydrogens (tertiary/aromatic N) is 1. The molecule has 5 nitrogen and oxygen atoms in total. The minimum atomic E-state index is -3.81. The van der Waals surface area contributed by atoms with Gasteiger partial charge in [-0.2, -0.15) is 0 Å². The first-order valence-corrected chi connectivity index (χ1v) is 10.9. The van der Waals surface area contributed by atoms with Crippen molar-refractivity contribution in [2.24, 2.45) is 0 Å². The average molecular weight is 433 g/mol. The Morgan fingerprint density at radius 3 is 2.34 bits per heavy atom. The fourth-order valence-electron chi connectivity index (χ4n) is 2.82. The Bertz CT molecular complexity index is 1140. The normalized spacial score (nSPS) is 11.1. The SMILES string of the molecule is CS(=O)(=O)N(CC(=O)Nc1ccccc1-c1ccccc1)c1ccc(F)c(Cl)c1. The molecule has 29 heavy (non-hydrogen) atoms. The molecule has 0 aliphatic heterocycles. The second-order valence-electron chi connectivity index (χ2n) is 6.33. The van der Waals surface area contributed by atoms with Crippen LogP contribution >= 0.6 is 11.6 Å². The zero-order valence-corrected chi connectivity index (χ0v) is 17.0. The highest BCUT2D eigenvalue weighted by Gasteiger charge is 2.22. The van der Waals surface area contributed by atoms with Crippen LogP contribution in [-0.2, 0) is 14.8 Å². The lowest BCUT2D eigenvalue weighted by atomic mass is 10.0. The Kier molecular flexibility index (Phi) is 6.20. The molecule has 3 aromatic rings. The summed E-state index contributed by atoms with van der Waals surface area (Å²) >= 11 is 5.77. The van der Waals surface area contributed by atoms with Crippen molar-refractivity contribution in [3.8, 4) is 11.1 Å². The maximum absolute atomic E-state index is 13.4. The van der Waals surface area contributed by atoms with Gasteiger partial charge in [0, 0.05) is 11.3 Å². The number of sulfonamides is 1. The monoisotopic (exact) mass is 432 g/mol. The Morgan fingerprint density at radius 2 is 1.69 bits per heavy atom. The van der Waals surface area contributed by atoms with Crippen LogP contribution < -0.4 is 9.62 Å². The van der Waals surface area contributed by atoms with Crippen LogP contribution in [0.5, 0.6) is 0 Å². The molecule has 0 aliphatic rings. The third-order valence-corrected chi connectivity index (χ3v) is 5.59. The molecule has 1 amide bonds. The van der Waals surface area contributed by atoms with Gasteiger partial charge in [0.25, 0.3) is 0 Å². The van der Waals surface area contributed by atoms with Crippen molar-refractivity contribution >= 4 is 38.9 Å². The van der Waals surface area contributed by atoms with Gasteiger partial charge in [-0.3, -0.25) is 9.10 Å². The summed E-state index contributed by atoms with van der Waals surface area (Å²) in [6, 6.07) is 20.2. The Hall–Kier alpha value is -2.90. The first-order chi connectivity index (χ1) is 13.8. The molecule has 3 aromatic carbocycles. The molecule has 1 N–H and O–H groups in total. The van der Waals surface area contributed by atoms with Crippen molar-refractivity contribution < 1.29 is 17.6 Å². The molecule has 150 valence electrons. The van der Waals surface area contributed by atoms with E-state index in [1.54, 1.807) is 12.1 Å². The highest BCUT2D eigenvalue weighted by Crippen LogP contribution is 2.28. The molecule has 3 rings (SSSR count). The number of nitrogens with one attached hydrogen (secondary N) is 1. The van der Waals surface area contributed by atoms with Crippen LogP contribution in [0.2, 0.25) is 5.02 Å². The van der Waals surface area contributed by atoms with E-state index in [-0.39, 0.29) is 10.7 Å². The molecule has 0 saturated heterocycles. The van der Waals surface area contributed by atoms with Crippen LogP contribution in [0.15, 0.2) is 72.8 Å². The zero-order valence-electron chi connectivity index (χ0n) is 15.5. The minimum absolute atomic E-state index is 0.102. The number of anilines is 2. The van der Waals surface area contributed by atoms with Crippen LogP contribution in [-0.4, -0.2) is 27.1 Å². The van der Waals surface area contributed by atoms with Gasteiger partial charge in [-0.15, -0.1) is 0 Å². The zero-order chi connectivity index (χ0) is 21.0. The number of carbonyl (C=O) groups is 1. The van der Waals surface area contributed by atoms with Crippen LogP contribution in [0.4, 0.5) is 15.8 Å². The summed E-state index contributed by atoms with van der Waals surface area (Å²) in [7, 11) is -3.81.